The van der Waals surface area contributed by atoms with Crippen LogP contribution in [-0.4, -0.2) is 24.6 Å². The van der Waals surface area contributed by atoms with E-state index in [1.165, 1.54) is 12.3 Å². The molecule has 0 atom stereocenters. The monoisotopic (exact) mass is 187 g/mol. The van der Waals surface area contributed by atoms with Crippen LogP contribution < -0.4 is 5.73 Å². The summed E-state index contributed by atoms with van der Waals surface area (Å²) in [6.07, 6.45) is 2.56. The molecule has 0 saturated carbocycles. The van der Waals surface area contributed by atoms with Gasteiger partial charge in [-0.25, -0.2) is 18.4 Å². The van der Waals surface area contributed by atoms with Crippen molar-refractivity contribution in [3.8, 4) is 0 Å². The summed E-state index contributed by atoms with van der Waals surface area (Å²) in [6, 6.07) is 1.51. The summed E-state index contributed by atoms with van der Waals surface area (Å²) in [5.74, 6) is 0.346. The van der Waals surface area contributed by atoms with Gasteiger partial charge in [0.25, 0.3) is 0 Å². The zero-order valence-electron chi connectivity index (χ0n) is 6.56. The molecule has 66 valence electrons. The second kappa shape index (κ2) is 3.06. The normalized spacial score (nSPS) is 11.4. The van der Waals surface area contributed by atoms with Crippen LogP contribution in [0.2, 0.25) is 0 Å². The second-order valence-electron chi connectivity index (χ2n) is 2.47. The molecule has 2 N–H and O–H groups in total. The van der Waals surface area contributed by atoms with Crippen molar-refractivity contribution in [3.05, 3.63) is 18.1 Å². The summed E-state index contributed by atoms with van der Waals surface area (Å²) in [5, 5.41) is 0. The average molecular weight is 187 g/mol. The molecule has 0 aliphatic carbocycles. The van der Waals surface area contributed by atoms with E-state index in [1.807, 2.05) is 0 Å². The molecule has 0 aromatic carbocycles. The van der Waals surface area contributed by atoms with Gasteiger partial charge in [-0.1, -0.05) is 0 Å². The first kappa shape index (κ1) is 8.92. The largest absolute Gasteiger partial charge is 0.384 e. The highest BCUT2D eigenvalue weighted by atomic mass is 32.2. The third-order valence-corrected chi connectivity index (χ3v) is 1.90. The number of hydrogen-bond acceptors (Lipinski definition) is 5. The summed E-state index contributed by atoms with van der Waals surface area (Å²) in [7, 11) is -3.07. The van der Waals surface area contributed by atoms with E-state index in [9.17, 15) is 8.42 Å². The van der Waals surface area contributed by atoms with Crippen LogP contribution in [0.3, 0.4) is 0 Å². The Morgan fingerprint density at radius 3 is 2.75 bits per heavy atom. The fourth-order valence-electron chi connectivity index (χ4n) is 0.719. The van der Waals surface area contributed by atoms with Crippen LogP contribution >= 0.6 is 0 Å². The van der Waals surface area contributed by atoms with Gasteiger partial charge < -0.3 is 5.73 Å². The van der Waals surface area contributed by atoms with Gasteiger partial charge in [-0.2, -0.15) is 0 Å². The first-order chi connectivity index (χ1) is 5.47. The van der Waals surface area contributed by atoms with Crippen LogP contribution in [0.25, 0.3) is 0 Å². The maximum atomic E-state index is 10.8. The summed E-state index contributed by atoms with van der Waals surface area (Å²) < 4.78 is 21.6. The van der Waals surface area contributed by atoms with E-state index < -0.39 is 9.84 Å². The summed E-state index contributed by atoms with van der Waals surface area (Å²) in [5.41, 5.74) is 5.33. The molecule has 1 aromatic heterocycles. The number of aromatic nitrogens is 2. The third kappa shape index (κ3) is 2.83. The molecule has 0 fully saturated rings. The van der Waals surface area contributed by atoms with Gasteiger partial charge in [0.05, 0.1) is 0 Å². The molecule has 1 aromatic rings. The molecule has 0 bridgehead atoms. The van der Waals surface area contributed by atoms with E-state index in [2.05, 4.69) is 9.97 Å². The minimum atomic E-state index is -3.07. The lowest BCUT2D eigenvalue weighted by molar-refractivity contribution is 0.599. The van der Waals surface area contributed by atoms with E-state index >= 15 is 0 Å². The maximum Gasteiger partial charge on any atom is 0.154 e. The molecule has 5 nitrogen and oxygen atoms in total. The van der Waals surface area contributed by atoms with Gasteiger partial charge in [0.2, 0.25) is 0 Å². The van der Waals surface area contributed by atoms with Crippen LogP contribution in [-0.2, 0) is 15.6 Å². The molecule has 0 amide bonds. The van der Waals surface area contributed by atoms with Crippen molar-refractivity contribution < 1.29 is 8.42 Å². The fraction of sp³-hybridized carbons (Fsp3) is 0.333. The molecule has 0 aliphatic rings. The van der Waals surface area contributed by atoms with Crippen LogP contribution in [0.5, 0.6) is 0 Å². The molecule has 6 heteroatoms. The summed E-state index contributed by atoms with van der Waals surface area (Å²) in [4.78, 5) is 7.50. The first-order valence-electron chi connectivity index (χ1n) is 3.22. The molecule has 0 spiro atoms. The maximum absolute atomic E-state index is 10.8. The molecule has 1 heterocycles. The van der Waals surface area contributed by atoms with Crippen molar-refractivity contribution in [2.45, 2.75) is 5.75 Å². The smallest absolute Gasteiger partial charge is 0.154 e. The van der Waals surface area contributed by atoms with E-state index in [-0.39, 0.29) is 17.4 Å². The molecule has 0 radical (unpaired) electrons. The Balaban J connectivity index is 2.91. The van der Waals surface area contributed by atoms with Crippen LogP contribution in [0, 0.1) is 0 Å². The first-order valence-corrected chi connectivity index (χ1v) is 5.28. The van der Waals surface area contributed by atoms with Gasteiger partial charge in [-0.3, -0.25) is 0 Å². The standard InChI is InChI=1S/C6H9N3O2S/c1-12(10,11)4-6-8-3-2-5(7)9-6/h2-3H,4H2,1H3,(H2,7,8,9). The van der Waals surface area contributed by atoms with Gasteiger partial charge in [-0.05, 0) is 6.07 Å². The number of hydrogen-bond donors (Lipinski definition) is 1. The number of nitrogens with two attached hydrogens (primary N) is 1. The van der Waals surface area contributed by atoms with E-state index in [4.69, 9.17) is 5.73 Å². The Morgan fingerprint density at radius 2 is 2.25 bits per heavy atom. The molecule has 1 rings (SSSR count). The quantitative estimate of drug-likeness (QED) is 0.681. The Morgan fingerprint density at radius 1 is 1.58 bits per heavy atom. The molecular weight excluding hydrogens is 178 g/mol. The number of nitrogens with zero attached hydrogens (tertiary/aromatic N) is 2. The summed E-state index contributed by atoms with van der Waals surface area (Å²) in [6.45, 7) is 0. The van der Waals surface area contributed by atoms with Crippen LogP contribution in [0.15, 0.2) is 12.3 Å². The number of nitrogen functional groups attached to an aromatic ring is 1. The minimum absolute atomic E-state index is 0.169. The Labute approximate surface area is 70.6 Å². The van der Waals surface area contributed by atoms with E-state index in [0.29, 0.717) is 0 Å². The van der Waals surface area contributed by atoms with Crippen molar-refractivity contribution >= 4 is 15.7 Å². The van der Waals surface area contributed by atoms with Crippen molar-refractivity contribution in [2.24, 2.45) is 0 Å². The molecule has 0 saturated heterocycles. The minimum Gasteiger partial charge on any atom is -0.384 e. The fourth-order valence-corrected chi connectivity index (χ4v) is 1.33. The highest BCUT2D eigenvalue weighted by molar-refractivity contribution is 7.89. The molecule has 0 unspecified atom stereocenters. The highest BCUT2D eigenvalue weighted by Crippen LogP contribution is 2.00. The Kier molecular flexibility index (Phi) is 2.27. The van der Waals surface area contributed by atoms with Gasteiger partial charge in [-0.15, -0.1) is 0 Å². The summed E-state index contributed by atoms with van der Waals surface area (Å²) >= 11 is 0. The number of sulfone groups is 1. The van der Waals surface area contributed by atoms with Gasteiger partial charge >= 0.3 is 0 Å². The Hall–Kier alpha value is -1.17. The second-order valence-corrected chi connectivity index (χ2v) is 4.61. The topological polar surface area (TPSA) is 85.9 Å². The SMILES string of the molecule is CS(=O)(=O)Cc1nccc(N)n1. The van der Waals surface area contributed by atoms with Crippen molar-refractivity contribution in [3.63, 3.8) is 0 Å². The molecular formula is C6H9N3O2S. The van der Waals surface area contributed by atoms with Gasteiger partial charge in [0.1, 0.15) is 17.4 Å². The third-order valence-electron chi connectivity index (χ3n) is 1.12. The van der Waals surface area contributed by atoms with E-state index in [0.717, 1.165) is 6.26 Å². The molecule has 12 heavy (non-hydrogen) atoms. The van der Waals surface area contributed by atoms with Crippen molar-refractivity contribution in [1.82, 2.24) is 9.97 Å². The lowest BCUT2D eigenvalue weighted by atomic mass is 10.5. The highest BCUT2D eigenvalue weighted by Gasteiger charge is 2.06. The average Bonchev–Trinajstić information content (AvgIpc) is 1.82. The number of anilines is 1. The van der Waals surface area contributed by atoms with Gasteiger partial charge in [0, 0.05) is 12.5 Å². The lowest BCUT2D eigenvalue weighted by Crippen LogP contribution is -2.06. The number of rotatable bonds is 2. The molecule has 0 aliphatic heterocycles. The van der Waals surface area contributed by atoms with Crippen LogP contribution in [0.1, 0.15) is 5.82 Å². The van der Waals surface area contributed by atoms with Crippen molar-refractivity contribution in [1.29, 1.82) is 0 Å². The Bertz CT molecular complexity index is 374. The zero-order valence-corrected chi connectivity index (χ0v) is 7.37. The predicted octanol–water partition coefficient (Wildman–Crippen LogP) is -0.397. The zero-order chi connectivity index (χ0) is 9.19. The van der Waals surface area contributed by atoms with Gasteiger partial charge in [0.15, 0.2) is 9.84 Å². The van der Waals surface area contributed by atoms with E-state index in [1.54, 1.807) is 0 Å². The van der Waals surface area contributed by atoms with Crippen molar-refractivity contribution in [2.75, 3.05) is 12.0 Å². The predicted molar refractivity (Wildman–Crippen MR) is 45.0 cm³/mol. The lowest BCUT2D eigenvalue weighted by Gasteiger charge is -1.97. The van der Waals surface area contributed by atoms with Crippen LogP contribution in [0.4, 0.5) is 5.82 Å².